The number of carbonyl (C=O) groups excluding carboxylic acids is 1. The molecule has 24 heavy (non-hydrogen) atoms. The fourth-order valence-electron chi connectivity index (χ4n) is 2.99. The van der Waals surface area contributed by atoms with Gasteiger partial charge >= 0.3 is 6.03 Å². The van der Waals surface area contributed by atoms with E-state index in [4.69, 9.17) is 0 Å². The average molecular weight is 335 g/mol. The van der Waals surface area contributed by atoms with Crippen LogP contribution in [0.1, 0.15) is 45.7 Å². The van der Waals surface area contributed by atoms with E-state index in [0.29, 0.717) is 18.5 Å². The molecule has 3 N–H and O–H groups in total. The molecule has 0 heterocycles. The van der Waals surface area contributed by atoms with Crippen LogP contribution in [0.5, 0.6) is 0 Å². The van der Waals surface area contributed by atoms with Crippen molar-refractivity contribution < 1.29 is 9.90 Å². The van der Waals surface area contributed by atoms with Gasteiger partial charge in [-0.25, -0.2) is 4.79 Å². The topological polar surface area (TPSA) is 64.6 Å². The van der Waals surface area contributed by atoms with E-state index in [1.54, 1.807) is 0 Å². The van der Waals surface area contributed by atoms with Gasteiger partial charge in [0.1, 0.15) is 0 Å². The molecule has 2 unspecified atom stereocenters. The number of aliphatic hydroxyl groups is 1. The van der Waals surface area contributed by atoms with Crippen molar-refractivity contribution >= 4 is 6.03 Å². The van der Waals surface area contributed by atoms with E-state index >= 15 is 0 Å². The maximum absolute atomic E-state index is 12.2. The van der Waals surface area contributed by atoms with Gasteiger partial charge in [-0.2, -0.15) is 0 Å². The molecule has 1 rings (SSSR count). The summed E-state index contributed by atoms with van der Waals surface area (Å²) in [6, 6.07) is 9.22. The van der Waals surface area contributed by atoms with Crippen LogP contribution >= 0.6 is 0 Å². The van der Waals surface area contributed by atoms with Gasteiger partial charge in [0.25, 0.3) is 0 Å². The van der Waals surface area contributed by atoms with Gasteiger partial charge in [-0.3, -0.25) is 4.90 Å². The SMILES string of the molecule is CCN(CC)C(CNC(=O)NC(CO)c1ccccc1)CC(C)C. The van der Waals surface area contributed by atoms with E-state index in [0.717, 1.165) is 25.1 Å². The van der Waals surface area contributed by atoms with Gasteiger partial charge in [0.05, 0.1) is 12.6 Å². The molecular formula is C19H33N3O2. The van der Waals surface area contributed by atoms with E-state index in [2.05, 4.69) is 43.2 Å². The van der Waals surface area contributed by atoms with Crippen molar-refractivity contribution in [3.8, 4) is 0 Å². The lowest BCUT2D eigenvalue weighted by Crippen LogP contribution is -2.48. The van der Waals surface area contributed by atoms with Crippen molar-refractivity contribution in [3.63, 3.8) is 0 Å². The predicted molar refractivity (Wildman–Crippen MR) is 99.0 cm³/mol. The van der Waals surface area contributed by atoms with Crippen LogP contribution in [0, 0.1) is 5.92 Å². The molecule has 0 spiro atoms. The number of carbonyl (C=O) groups is 1. The lowest BCUT2D eigenvalue weighted by atomic mass is 10.0. The lowest BCUT2D eigenvalue weighted by Gasteiger charge is -2.31. The molecule has 0 aliphatic carbocycles. The van der Waals surface area contributed by atoms with Crippen molar-refractivity contribution in [2.45, 2.75) is 46.2 Å². The Hall–Kier alpha value is -1.59. The third-order valence-electron chi connectivity index (χ3n) is 4.26. The van der Waals surface area contributed by atoms with Gasteiger partial charge in [-0.1, -0.05) is 58.0 Å². The maximum Gasteiger partial charge on any atom is 0.315 e. The molecule has 0 saturated heterocycles. The van der Waals surface area contributed by atoms with E-state index in [9.17, 15) is 9.90 Å². The number of nitrogens with one attached hydrogen (secondary N) is 2. The highest BCUT2D eigenvalue weighted by Crippen LogP contribution is 2.12. The Bertz CT molecular complexity index is 461. The summed E-state index contributed by atoms with van der Waals surface area (Å²) < 4.78 is 0. The summed E-state index contributed by atoms with van der Waals surface area (Å²) in [5.41, 5.74) is 0.901. The van der Waals surface area contributed by atoms with Gasteiger partial charge < -0.3 is 15.7 Å². The summed E-state index contributed by atoms with van der Waals surface area (Å²) in [6.45, 7) is 11.1. The second-order valence-electron chi connectivity index (χ2n) is 6.50. The molecular weight excluding hydrogens is 302 g/mol. The molecule has 0 radical (unpaired) electrons. The predicted octanol–water partition coefficient (Wildman–Crippen LogP) is 2.78. The highest BCUT2D eigenvalue weighted by Gasteiger charge is 2.19. The molecule has 2 atom stereocenters. The molecule has 2 amide bonds. The minimum absolute atomic E-state index is 0.122. The number of hydrogen-bond acceptors (Lipinski definition) is 3. The van der Waals surface area contributed by atoms with Gasteiger partial charge in [0.15, 0.2) is 0 Å². The third-order valence-corrected chi connectivity index (χ3v) is 4.26. The summed E-state index contributed by atoms with van der Waals surface area (Å²) in [7, 11) is 0. The van der Waals surface area contributed by atoms with Crippen molar-refractivity contribution in [1.29, 1.82) is 0 Å². The van der Waals surface area contributed by atoms with Gasteiger partial charge in [-0.05, 0) is 31.0 Å². The third kappa shape index (κ3) is 6.89. The number of urea groups is 1. The number of rotatable bonds is 10. The summed E-state index contributed by atoms with van der Waals surface area (Å²) in [5, 5.41) is 15.4. The quantitative estimate of drug-likeness (QED) is 0.616. The first-order chi connectivity index (χ1) is 11.5. The molecule has 0 fully saturated rings. The fourth-order valence-corrected chi connectivity index (χ4v) is 2.99. The minimum atomic E-state index is -0.386. The Labute approximate surface area is 146 Å². The Morgan fingerprint density at radius 3 is 2.29 bits per heavy atom. The highest BCUT2D eigenvalue weighted by molar-refractivity contribution is 5.74. The van der Waals surface area contributed by atoms with Gasteiger partial charge in [0, 0.05) is 12.6 Å². The molecule has 0 saturated carbocycles. The summed E-state index contributed by atoms with van der Waals surface area (Å²) in [4.78, 5) is 14.6. The monoisotopic (exact) mass is 335 g/mol. The number of likely N-dealkylation sites (N-methyl/N-ethyl adjacent to an activating group) is 1. The van der Waals surface area contributed by atoms with E-state index in [1.807, 2.05) is 30.3 Å². The van der Waals surface area contributed by atoms with Crippen LogP contribution in [0.2, 0.25) is 0 Å². The lowest BCUT2D eigenvalue weighted by molar-refractivity contribution is 0.181. The van der Waals surface area contributed by atoms with Crippen molar-refractivity contribution in [2.75, 3.05) is 26.2 Å². The molecule has 1 aromatic rings. The van der Waals surface area contributed by atoms with Crippen molar-refractivity contribution in [2.24, 2.45) is 5.92 Å². The Kier molecular flexibility index (Phi) is 9.42. The largest absolute Gasteiger partial charge is 0.394 e. The second-order valence-corrected chi connectivity index (χ2v) is 6.50. The van der Waals surface area contributed by atoms with Crippen LogP contribution in [-0.2, 0) is 0 Å². The van der Waals surface area contributed by atoms with Crippen LogP contribution in [0.15, 0.2) is 30.3 Å². The minimum Gasteiger partial charge on any atom is -0.394 e. The number of aliphatic hydroxyl groups excluding tert-OH is 1. The fraction of sp³-hybridized carbons (Fsp3) is 0.632. The van der Waals surface area contributed by atoms with Crippen LogP contribution in [0.4, 0.5) is 4.79 Å². The normalized spacial score (nSPS) is 13.8. The summed E-state index contributed by atoms with van der Waals surface area (Å²) >= 11 is 0. The second kappa shape index (κ2) is 11.0. The summed E-state index contributed by atoms with van der Waals surface area (Å²) in [5.74, 6) is 0.579. The standard InChI is InChI=1S/C19H33N3O2/c1-5-22(6-2)17(12-15(3)4)13-20-19(24)21-18(14-23)16-10-8-7-9-11-16/h7-11,15,17-18,23H,5-6,12-14H2,1-4H3,(H2,20,21,24). The molecule has 5 heteroatoms. The van der Waals surface area contributed by atoms with Gasteiger partial charge in [-0.15, -0.1) is 0 Å². The first-order valence-corrected chi connectivity index (χ1v) is 8.95. The number of benzene rings is 1. The van der Waals surface area contributed by atoms with Gasteiger partial charge in [0.2, 0.25) is 0 Å². The highest BCUT2D eigenvalue weighted by atomic mass is 16.3. The zero-order chi connectivity index (χ0) is 17.9. The summed E-state index contributed by atoms with van der Waals surface area (Å²) in [6.07, 6.45) is 1.05. The zero-order valence-electron chi connectivity index (χ0n) is 15.5. The molecule has 0 aliphatic rings. The number of hydrogen-bond donors (Lipinski definition) is 3. The molecule has 136 valence electrons. The number of amides is 2. The zero-order valence-corrected chi connectivity index (χ0v) is 15.5. The van der Waals surface area contributed by atoms with Crippen molar-refractivity contribution in [3.05, 3.63) is 35.9 Å². The molecule has 0 aromatic heterocycles. The first kappa shape index (κ1) is 20.5. The Balaban J connectivity index is 2.58. The smallest absolute Gasteiger partial charge is 0.315 e. The van der Waals surface area contributed by atoms with Crippen LogP contribution in [0.3, 0.4) is 0 Å². The van der Waals surface area contributed by atoms with Crippen LogP contribution < -0.4 is 10.6 Å². The van der Waals surface area contributed by atoms with Crippen LogP contribution in [0.25, 0.3) is 0 Å². The van der Waals surface area contributed by atoms with Crippen LogP contribution in [-0.4, -0.2) is 48.3 Å². The van der Waals surface area contributed by atoms with E-state index < -0.39 is 0 Å². The van der Waals surface area contributed by atoms with E-state index in [1.165, 1.54) is 0 Å². The average Bonchev–Trinajstić information content (AvgIpc) is 2.58. The Morgan fingerprint density at radius 1 is 1.17 bits per heavy atom. The van der Waals surface area contributed by atoms with E-state index in [-0.39, 0.29) is 18.7 Å². The molecule has 0 bridgehead atoms. The molecule has 1 aromatic carbocycles. The molecule has 0 aliphatic heterocycles. The first-order valence-electron chi connectivity index (χ1n) is 8.95. The van der Waals surface area contributed by atoms with Crippen molar-refractivity contribution in [1.82, 2.24) is 15.5 Å². The Morgan fingerprint density at radius 2 is 1.79 bits per heavy atom. The molecule has 5 nitrogen and oxygen atoms in total. The maximum atomic E-state index is 12.2. The number of nitrogens with zero attached hydrogens (tertiary/aromatic N) is 1.